The van der Waals surface area contributed by atoms with Gasteiger partial charge in [0, 0.05) is 18.1 Å². The topological polar surface area (TPSA) is 86.8 Å². The monoisotopic (exact) mass is 569 g/mol. The zero-order valence-corrected chi connectivity index (χ0v) is 24.6. The summed E-state index contributed by atoms with van der Waals surface area (Å²) in [7, 11) is -4.11. The highest BCUT2D eigenvalue weighted by atomic mass is 35.5. The number of aryl methyl sites for hydroxylation is 3. The summed E-state index contributed by atoms with van der Waals surface area (Å²) in [5.74, 6) is -0.778. The highest BCUT2D eigenvalue weighted by Gasteiger charge is 2.33. The Morgan fingerprint density at radius 3 is 2.00 bits per heavy atom. The zero-order valence-electron chi connectivity index (χ0n) is 23.1. The molecule has 0 heterocycles. The molecule has 1 N–H and O–H groups in total. The molecule has 0 aliphatic rings. The van der Waals surface area contributed by atoms with Gasteiger partial charge in [0.25, 0.3) is 10.0 Å². The van der Waals surface area contributed by atoms with Gasteiger partial charge >= 0.3 is 0 Å². The normalized spacial score (nSPS) is 12.1. The van der Waals surface area contributed by atoms with E-state index in [9.17, 15) is 18.0 Å². The van der Waals surface area contributed by atoms with Crippen LogP contribution in [0, 0.1) is 20.8 Å². The Morgan fingerprint density at radius 2 is 1.46 bits per heavy atom. The molecule has 3 aromatic rings. The summed E-state index contributed by atoms with van der Waals surface area (Å²) >= 11 is 6.05. The molecule has 3 aromatic carbocycles. The molecule has 7 nitrogen and oxygen atoms in total. The molecule has 0 spiro atoms. The van der Waals surface area contributed by atoms with Crippen LogP contribution in [0.5, 0.6) is 0 Å². The van der Waals surface area contributed by atoms with E-state index >= 15 is 0 Å². The lowest BCUT2D eigenvalue weighted by atomic mass is 10.1. The van der Waals surface area contributed by atoms with Gasteiger partial charge in [-0.1, -0.05) is 54.4 Å². The highest BCUT2D eigenvalue weighted by Crippen LogP contribution is 2.27. The number of amides is 2. The number of anilines is 1. The van der Waals surface area contributed by atoms with E-state index in [0.717, 1.165) is 26.6 Å². The van der Waals surface area contributed by atoms with Crippen molar-refractivity contribution in [3.05, 3.63) is 94.0 Å². The molecule has 9 heteroatoms. The Kier molecular flexibility index (Phi) is 10.2. The van der Waals surface area contributed by atoms with Gasteiger partial charge in [-0.25, -0.2) is 8.42 Å². The van der Waals surface area contributed by atoms with Gasteiger partial charge in [0.05, 0.1) is 10.6 Å². The average Bonchev–Trinajstić information content (AvgIpc) is 2.88. The van der Waals surface area contributed by atoms with Crippen molar-refractivity contribution in [3.63, 3.8) is 0 Å². The molecule has 0 aliphatic heterocycles. The summed E-state index contributed by atoms with van der Waals surface area (Å²) in [6.45, 7) is 9.34. The fourth-order valence-electron chi connectivity index (χ4n) is 4.46. The smallest absolute Gasteiger partial charge is 0.264 e. The molecule has 0 saturated carbocycles. The van der Waals surface area contributed by atoms with Gasteiger partial charge < -0.3 is 10.2 Å². The quantitative estimate of drug-likeness (QED) is 0.335. The maximum absolute atomic E-state index is 14.0. The second kappa shape index (κ2) is 13.1. The maximum Gasteiger partial charge on any atom is 0.264 e. The van der Waals surface area contributed by atoms with E-state index < -0.39 is 28.5 Å². The Balaban J connectivity index is 2.09. The third-order valence-electron chi connectivity index (χ3n) is 6.39. The van der Waals surface area contributed by atoms with Gasteiger partial charge in [0.15, 0.2) is 0 Å². The number of benzene rings is 3. The van der Waals surface area contributed by atoms with Crippen LogP contribution in [0.4, 0.5) is 5.69 Å². The van der Waals surface area contributed by atoms with Crippen molar-refractivity contribution in [2.75, 3.05) is 17.4 Å². The van der Waals surface area contributed by atoms with E-state index in [-0.39, 0.29) is 17.3 Å². The molecule has 39 heavy (non-hydrogen) atoms. The van der Waals surface area contributed by atoms with Crippen LogP contribution in [-0.4, -0.2) is 44.3 Å². The van der Waals surface area contributed by atoms with Crippen LogP contribution in [0.2, 0.25) is 5.02 Å². The molecule has 3 rings (SSSR count). The van der Waals surface area contributed by atoms with Crippen molar-refractivity contribution in [1.82, 2.24) is 10.2 Å². The van der Waals surface area contributed by atoms with Gasteiger partial charge in [-0.3, -0.25) is 13.9 Å². The molecule has 2 amide bonds. The number of hydrogen-bond donors (Lipinski definition) is 1. The molecule has 1 atom stereocenters. The molecular formula is C30H36ClN3O4S. The summed E-state index contributed by atoms with van der Waals surface area (Å²) < 4.78 is 29.1. The number of carbonyl (C=O) groups excluding carboxylic acids is 2. The largest absolute Gasteiger partial charge is 0.355 e. The first kappa shape index (κ1) is 30.2. The number of sulfonamides is 1. The third kappa shape index (κ3) is 7.61. The Labute approximate surface area is 236 Å². The molecule has 0 bridgehead atoms. The van der Waals surface area contributed by atoms with Crippen molar-refractivity contribution >= 4 is 39.1 Å². The van der Waals surface area contributed by atoms with Crippen LogP contribution in [0.25, 0.3) is 0 Å². The lowest BCUT2D eigenvalue weighted by Crippen LogP contribution is -2.52. The molecule has 0 radical (unpaired) electrons. The number of nitrogens with zero attached hydrogens (tertiary/aromatic N) is 2. The highest BCUT2D eigenvalue weighted by molar-refractivity contribution is 7.92. The summed E-state index contributed by atoms with van der Waals surface area (Å²) in [5, 5.41) is 3.36. The van der Waals surface area contributed by atoms with Gasteiger partial charge in [0.2, 0.25) is 11.8 Å². The lowest BCUT2D eigenvalue weighted by molar-refractivity contribution is -0.140. The lowest BCUT2D eigenvalue weighted by Gasteiger charge is -2.33. The van der Waals surface area contributed by atoms with Crippen LogP contribution in [0.1, 0.15) is 42.5 Å². The maximum atomic E-state index is 14.0. The first-order valence-electron chi connectivity index (χ1n) is 13.0. The standard InChI is InChI=1S/C30H36ClN3O4S/c1-6-28(30(36)32-7-2)33(19-24-10-12-25(31)13-11-24)29(35)20-34(26-17-22(4)16-23(5)18-26)39(37,38)27-14-8-21(3)9-15-27/h8-18,28H,6-7,19-20H2,1-5H3,(H,32,36)/t28-/m1/s1. The molecule has 0 aromatic heterocycles. The number of nitrogens with one attached hydrogen (secondary N) is 1. The van der Waals surface area contributed by atoms with Gasteiger partial charge in [-0.15, -0.1) is 0 Å². The molecule has 0 fully saturated rings. The fraction of sp³-hybridized carbons (Fsp3) is 0.333. The van der Waals surface area contributed by atoms with Crippen molar-refractivity contribution in [2.24, 2.45) is 0 Å². The summed E-state index contributed by atoms with van der Waals surface area (Å²) in [5.41, 5.74) is 3.82. The molecule has 0 aliphatic carbocycles. The first-order chi connectivity index (χ1) is 18.5. The zero-order chi connectivity index (χ0) is 28.7. The minimum Gasteiger partial charge on any atom is -0.355 e. The van der Waals surface area contributed by atoms with Gasteiger partial charge in [-0.05, 0) is 87.2 Å². The minimum atomic E-state index is -4.11. The van der Waals surface area contributed by atoms with Crippen molar-refractivity contribution in [3.8, 4) is 0 Å². The first-order valence-corrected chi connectivity index (χ1v) is 14.8. The fourth-order valence-corrected chi connectivity index (χ4v) is 5.98. The van der Waals surface area contributed by atoms with E-state index in [1.165, 1.54) is 4.90 Å². The Hall–Kier alpha value is -3.36. The number of rotatable bonds is 11. The van der Waals surface area contributed by atoms with E-state index in [4.69, 9.17) is 11.6 Å². The number of halogens is 1. The van der Waals surface area contributed by atoms with Gasteiger partial charge in [0.1, 0.15) is 12.6 Å². The van der Waals surface area contributed by atoms with Crippen molar-refractivity contribution in [2.45, 2.75) is 58.5 Å². The average molecular weight is 570 g/mol. The van der Waals surface area contributed by atoms with Crippen LogP contribution in [-0.2, 0) is 26.2 Å². The van der Waals surface area contributed by atoms with Crippen LogP contribution in [0.3, 0.4) is 0 Å². The van der Waals surface area contributed by atoms with Crippen molar-refractivity contribution in [1.29, 1.82) is 0 Å². The SMILES string of the molecule is CCNC(=O)[C@@H](CC)N(Cc1ccc(Cl)cc1)C(=O)CN(c1cc(C)cc(C)c1)S(=O)(=O)c1ccc(C)cc1. The van der Waals surface area contributed by atoms with E-state index in [1.807, 2.05) is 40.7 Å². The minimum absolute atomic E-state index is 0.0834. The molecular weight excluding hydrogens is 534 g/mol. The third-order valence-corrected chi connectivity index (χ3v) is 8.43. The summed E-state index contributed by atoms with van der Waals surface area (Å²) in [6.07, 6.45) is 0.361. The Morgan fingerprint density at radius 1 is 0.872 bits per heavy atom. The van der Waals surface area contributed by atoms with Gasteiger partial charge in [-0.2, -0.15) is 0 Å². The van der Waals surface area contributed by atoms with E-state index in [1.54, 1.807) is 60.7 Å². The second-order valence-electron chi connectivity index (χ2n) is 9.64. The number of hydrogen-bond acceptors (Lipinski definition) is 4. The predicted octanol–water partition coefficient (Wildman–Crippen LogP) is 5.40. The predicted molar refractivity (Wildman–Crippen MR) is 156 cm³/mol. The number of carbonyl (C=O) groups is 2. The molecule has 208 valence electrons. The van der Waals surface area contributed by atoms with E-state index in [2.05, 4.69) is 5.32 Å². The van der Waals surface area contributed by atoms with Crippen molar-refractivity contribution < 1.29 is 18.0 Å². The molecule has 0 saturated heterocycles. The summed E-state index contributed by atoms with van der Waals surface area (Å²) in [6, 6.07) is 18.2. The second-order valence-corrected chi connectivity index (χ2v) is 11.9. The summed E-state index contributed by atoms with van der Waals surface area (Å²) in [4.78, 5) is 28.6. The van der Waals surface area contributed by atoms with Crippen LogP contribution >= 0.6 is 11.6 Å². The Bertz CT molecular complexity index is 1390. The van der Waals surface area contributed by atoms with E-state index in [0.29, 0.717) is 23.7 Å². The number of likely N-dealkylation sites (N-methyl/N-ethyl adjacent to an activating group) is 1. The van der Waals surface area contributed by atoms with Crippen LogP contribution < -0.4 is 9.62 Å². The molecule has 0 unspecified atom stereocenters. The van der Waals surface area contributed by atoms with Crippen LogP contribution in [0.15, 0.2) is 71.6 Å².